The molecule has 0 radical (unpaired) electrons. The maximum absolute atomic E-state index is 6.55. The molecule has 0 N–H and O–H groups in total. The standard InChI is InChI=1S/C55H38N2O/c1-55(2)48-25-11-9-19-44(48)46-23-13-21-42(52(46)55)36-27-29-38(30-28-36)54-56-49(37-17-7-4-8-18-37)34-50(57-54)41-32-39(35-15-5-3-6-16-35)31-40(33-41)43-22-14-24-47-45-20-10-12-26-51(45)58-53(43)47/h3-34H,1-2H3. The van der Waals surface area contributed by atoms with E-state index < -0.39 is 0 Å². The van der Waals surface area contributed by atoms with Crippen LogP contribution in [0.1, 0.15) is 25.0 Å². The average molecular weight is 743 g/mol. The quantitative estimate of drug-likeness (QED) is 0.170. The number of hydrogen-bond acceptors (Lipinski definition) is 3. The SMILES string of the molecule is CC1(C)c2ccccc2-c2cccc(-c3ccc(-c4nc(-c5ccccc5)cc(-c5cc(-c6ccccc6)cc(-c6cccc7c6oc6ccccc67)c5)n4)cc3)c21. The van der Waals surface area contributed by atoms with Crippen molar-refractivity contribution >= 4 is 21.9 Å². The maximum Gasteiger partial charge on any atom is 0.160 e. The fraction of sp³-hybridized carbons (Fsp3) is 0.0545. The van der Waals surface area contributed by atoms with E-state index >= 15 is 0 Å². The first-order valence-electron chi connectivity index (χ1n) is 19.9. The molecule has 0 atom stereocenters. The summed E-state index contributed by atoms with van der Waals surface area (Å²) in [4.78, 5) is 10.6. The molecule has 2 heterocycles. The molecule has 274 valence electrons. The molecular formula is C55H38N2O. The van der Waals surface area contributed by atoms with Crippen molar-refractivity contribution in [1.29, 1.82) is 0 Å². The van der Waals surface area contributed by atoms with Gasteiger partial charge in [-0.1, -0.05) is 178 Å². The first-order valence-corrected chi connectivity index (χ1v) is 19.9. The maximum atomic E-state index is 6.55. The van der Waals surface area contributed by atoms with Gasteiger partial charge < -0.3 is 4.42 Å². The second-order valence-corrected chi connectivity index (χ2v) is 15.7. The molecule has 8 aromatic carbocycles. The number of aromatic nitrogens is 2. The smallest absolute Gasteiger partial charge is 0.160 e. The number of benzene rings is 8. The fourth-order valence-electron chi connectivity index (χ4n) is 9.07. The van der Waals surface area contributed by atoms with Gasteiger partial charge in [0.25, 0.3) is 0 Å². The molecule has 0 saturated carbocycles. The lowest BCUT2D eigenvalue weighted by molar-refractivity contribution is 0.662. The molecule has 0 unspecified atom stereocenters. The number of hydrogen-bond donors (Lipinski definition) is 0. The largest absolute Gasteiger partial charge is 0.455 e. The van der Waals surface area contributed by atoms with Crippen molar-refractivity contribution in [2.75, 3.05) is 0 Å². The van der Waals surface area contributed by atoms with E-state index in [1.54, 1.807) is 0 Å². The van der Waals surface area contributed by atoms with Gasteiger partial charge in [-0.15, -0.1) is 0 Å². The summed E-state index contributed by atoms with van der Waals surface area (Å²) in [6, 6.07) is 68.8. The van der Waals surface area contributed by atoms with Gasteiger partial charge in [-0.05, 0) is 80.4 Å². The van der Waals surface area contributed by atoms with Gasteiger partial charge in [0.15, 0.2) is 5.82 Å². The third-order valence-corrected chi connectivity index (χ3v) is 11.9. The van der Waals surface area contributed by atoms with Crippen LogP contribution >= 0.6 is 0 Å². The van der Waals surface area contributed by atoms with Gasteiger partial charge in [0.1, 0.15) is 11.2 Å². The van der Waals surface area contributed by atoms with Crippen LogP contribution < -0.4 is 0 Å². The lowest BCUT2D eigenvalue weighted by Gasteiger charge is -2.24. The van der Waals surface area contributed by atoms with E-state index in [1.807, 2.05) is 18.2 Å². The van der Waals surface area contributed by atoms with Crippen LogP contribution in [0.2, 0.25) is 0 Å². The van der Waals surface area contributed by atoms with Crippen LogP contribution in [0.4, 0.5) is 0 Å². The summed E-state index contributed by atoms with van der Waals surface area (Å²) in [5.41, 5.74) is 18.6. The third-order valence-electron chi connectivity index (χ3n) is 11.9. The Bertz CT molecular complexity index is 3180. The van der Waals surface area contributed by atoms with Gasteiger partial charge in [-0.3, -0.25) is 0 Å². The number of fused-ring (bicyclic) bond motifs is 6. The van der Waals surface area contributed by atoms with Gasteiger partial charge in [-0.2, -0.15) is 0 Å². The van der Waals surface area contributed by atoms with Crippen molar-refractivity contribution in [3.8, 4) is 78.4 Å². The summed E-state index contributed by atoms with van der Waals surface area (Å²) in [6.07, 6.45) is 0. The molecule has 0 aliphatic heterocycles. The topological polar surface area (TPSA) is 38.9 Å². The zero-order valence-electron chi connectivity index (χ0n) is 32.3. The van der Waals surface area contributed by atoms with E-state index in [1.165, 1.54) is 33.4 Å². The molecule has 1 aliphatic rings. The molecule has 0 saturated heterocycles. The molecule has 58 heavy (non-hydrogen) atoms. The highest BCUT2D eigenvalue weighted by Gasteiger charge is 2.37. The van der Waals surface area contributed by atoms with Crippen LogP contribution in [0.25, 0.3) is 100 Å². The summed E-state index contributed by atoms with van der Waals surface area (Å²) in [5.74, 6) is 0.681. The normalized spacial score (nSPS) is 12.8. The Labute approximate surface area is 338 Å². The highest BCUT2D eigenvalue weighted by atomic mass is 16.3. The van der Waals surface area contributed by atoms with Crippen molar-refractivity contribution in [2.45, 2.75) is 19.3 Å². The zero-order valence-corrected chi connectivity index (χ0v) is 32.3. The van der Waals surface area contributed by atoms with E-state index in [2.05, 4.69) is 190 Å². The Kier molecular flexibility index (Phi) is 7.84. The highest BCUT2D eigenvalue weighted by Crippen LogP contribution is 2.52. The molecule has 0 fully saturated rings. The minimum absolute atomic E-state index is 0.105. The summed E-state index contributed by atoms with van der Waals surface area (Å²) < 4.78 is 6.55. The Morgan fingerprint density at radius 3 is 1.76 bits per heavy atom. The van der Waals surface area contributed by atoms with Crippen LogP contribution in [-0.4, -0.2) is 9.97 Å². The molecular weight excluding hydrogens is 705 g/mol. The van der Waals surface area contributed by atoms with Gasteiger partial charge in [0.2, 0.25) is 0 Å². The van der Waals surface area contributed by atoms with E-state index in [9.17, 15) is 0 Å². The van der Waals surface area contributed by atoms with Crippen LogP contribution in [0.15, 0.2) is 199 Å². The van der Waals surface area contributed by atoms with Crippen LogP contribution in [0, 0.1) is 0 Å². The Morgan fingerprint density at radius 1 is 0.379 bits per heavy atom. The Hall–Kier alpha value is -7.36. The first-order chi connectivity index (χ1) is 28.5. The second-order valence-electron chi connectivity index (χ2n) is 15.7. The van der Waals surface area contributed by atoms with E-state index in [0.717, 1.165) is 72.3 Å². The summed E-state index contributed by atoms with van der Waals surface area (Å²) >= 11 is 0. The van der Waals surface area contributed by atoms with Crippen molar-refractivity contribution < 1.29 is 4.42 Å². The monoisotopic (exact) mass is 742 g/mol. The van der Waals surface area contributed by atoms with E-state index in [-0.39, 0.29) is 5.41 Å². The predicted molar refractivity (Wildman–Crippen MR) is 239 cm³/mol. The average Bonchev–Trinajstić information content (AvgIpc) is 3.79. The van der Waals surface area contributed by atoms with Gasteiger partial charge in [-0.25, -0.2) is 9.97 Å². The van der Waals surface area contributed by atoms with E-state index in [4.69, 9.17) is 14.4 Å². The summed E-state index contributed by atoms with van der Waals surface area (Å²) in [6.45, 7) is 4.69. The molecule has 1 aliphatic carbocycles. The molecule has 0 spiro atoms. The molecule has 3 nitrogen and oxygen atoms in total. The van der Waals surface area contributed by atoms with Gasteiger partial charge in [0, 0.05) is 38.4 Å². The number of para-hydroxylation sites is 2. The van der Waals surface area contributed by atoms with Crippen LogP contribution in [-0.2, 0) is 5.41 Å². The molecule has 10 aromatic rings. The van der Waals surface area contributed by atoms with Gasteiger partial charge >= 0.3 is 0 Å². The number of furan rings is 1. The zero-order chi connectivity index (χ0) is 38.8. The lowest BCUT2D eigenvalue weighted by Crippen LogP contribution is -2.16. The number of nitrogens with zero attached hydrogens (tertiary/aromatic N) is 2. The first kappa shape index (κ1) is 33.9. The number of rotatable bonds is 6. The molecule has 0 bridgehead atoms. The lowest BCUT2D eigenvalue weighted by atomic mass is 9.79. The second kappa shape index (κ2) is 13.4. The predicted octanol–water partition coefficient (Wildman–Crippen LogP) is 14.7. The van der Waals surface area contributed by atoms with Crippen LogP contribution in [0.5, 0.6) is 0 Å². The minimum atomic E-state index is -0.105. The summed E-state index contributed by atoms with van der Waals surface area (Å²) in [7, 11) is 0. The minimum Gasteiger partial charge on any atom is -0.455 e. The molecule has 2 aromatic heterocycles. The van der Waals surface area contributed by atoms with Crippen molar-refractivity contribution in [1.82, 2.24) is 9.97 Å². The van der Waals surface area contributed by atoms with Crippen molar-refractivity contribution in [2.24, 2.45) is 0 Å². The van der Waals surface area contributed by atoms with Crippen molar-refractivity contribution in [3.05, 3.63) is 205 Å². The van der Waals surface area contributed by atoms with Crippen molar-refractivity contribution in [3.63, 3.8) is 0 Å². The fourth-order valence-corrected chi connectivity index (χ4v) is 9.07. The third kappa shape index (κ3) is 5.58. The van der Waals surface area contributed by atoms with E-state index in [0.29, 0.717) is 5.82 Å². The Balaban J connectivity index is 1.07. The molecule has 3 heteroatoms. The van der Waals surface area contributed by atoms with Crippen LogP contribution in [0.3, 0.4) is 0 Å². The molecule has 0 amide bonds. The summed E-state index contributed by atoms with van der Waals surface area (Å²) in [5, 5.41) is 2.22. The highest BCUT2D eigenvalue weighted by molar-refractivity contribution is 6.10. The van der Waals surface area contributed by atoms with Gasteiger partial charge in [0.05, 0.1) is 11.4 Å². The Morgan fingerprint density at radius 2 is 0.948 bits per heavy atom. The molecule has 11 rings (SSSR count).